The van der Waals surface area contributed by atoms with Crippen LogP contribution in [-0.4, -0.2) is 23.1 Å². The third-order valence-electron chi connectivity index (χ3n) is 3.35. The minimum absolute atomic E-state index is 0.286. The van der Waals surface area contributed by atoms with Crippen LogP contribution in [0, 0.1) is 0 Å². The maximum absolute atomic E-state index is 12.5. The van der Waals surface area contributed by atoms with Crippen molar-refractivity contribution in [1.82, 2.24) is 0 Å². The van der Waals surface area contributed by atoms with Crippen LogP contribution in [0.3, 0.4) is 0 Å². The zero-order valence-electron chi connectivity index (χ0n) is 11.8. The third kappa shape index (κ3) is 4.45. The van der Waals surface area contributed by atoms with E-state index in [1.165, 1.54) is 24.3 Å². The Kier molecular flexibility index (Phi) is 4.88. The summed E-state index contributed by atoms with van der Waals surface area (Å²) in [5.74, 6) is -0.457. The summed E-state index contributed by atoms with van der Waals surface area (Å²) in [7, 11) is 0. The fraction of sp³-hybridized carbons (Fsp3) is 0.250. The molecule has 1 aliphatic carbocycles. The molecule has 7 heteroatoms. The number of ether oxygens (including phenoxy) is 1. The fourth-order valence-electron chi connectivity index (χ4n) is 2.17. The van der Waals surface area contributed by atoms with Gasteiger partial charge < -0.3 is 9.84 Å². The second kappa shape index (κ2) is 6.68. The number of carbonyl (C=O) groups is 2. The summed E-state index contributed by atoms with van der Waals surface area (Å²) in [6, 6.07) is 4.70. The summed E-state index contributed by atoms with van der Waals surface area (Å²) in [4.78, 5) is 22.5. The Hall–Kier alpha value is -2.57. The van der Waals surface area contributed by atoms with Gasteiger partial charge in [0.1, 0.15) is 0 Å². The molecule has 1 aromatic carbocycles. The number of Topliss-reactive ketones (excluding diaryl/α,β-unsaturated/α-hetero) is 1. The number of rotatable bonds is 4. The van der Waals surface area contributed by atoms with Crippen LogP contribution in [0.25, 0.3) is 0 Å². The van der Waals surface area contributed by atoms with Crippen LogP contribution in [0.15, 0.2) is 48.1 Å². The maximum atomic E-state index is 12.5. The number of carboxylic acid groups (broad SMARTS) is 1. The zero-order valence-corrected chi connectivity index (χ0v) is 11.8. The van der Waals surface area contributed by atoms with Gasteiger partial charge in [-0.15, -0.1) is 0 Å². The zero-order chi connectivity index (χ0) is 17.0. The molecule has 1 N–H and O–H groups in total. The molecule has 0 heterocycles. The van der Waals surface area contributed by atoms with E-state index in [1.54, 1.807) is 6.08 Å². The lowest BCUT2D eigenvalue weighted by molar-refractivity contribution is -0.137. The van der Waals surface area contributed by atoms with Gasteiger partial charge in [0.2, 0.25) is 5.78 Å². The number of carbonyl (C=O) groups excluding carboxylic acids is 1. The molecule has 4 nitrogen and oxygen atoms in total. The first-order chi connectivity index (χ1) is 10.8. The number of alkyl halides is 3. The van der Waals surface area contributed by atoms with Gasteiger partial charge >= 0.3 is 12.3 Å². The summed E-state index contributed by atoms with van der Waals surface area (Å²) in [6.45, 7) is 0. The average Bonchev–Trinajstić information content (AvgIpc) is 2.47. The van der Waals surface area contributed by atoms with Gasteiger partial charge in [0, 0.05) is 0 Å². The Morgan fingerprint density at radius 3 is 2.39 bits per heavy atom. The van der Waals surface area contributed by atoms with Crippen LogP contribution in [0.2, 0.25) is 0 Å². The number of ketones is 1. The van der Waals surface area contributed by atoms with Gasteiger partial charge in [0.15, 0.2) is 6.10 Å². The summed E-state index contributed by atoms with van der Waals surface area (Å²) in [5.41, 5.74) is 0.294. The van der Waals surface area contributed by atoms with Crippen molar-refractivity contribution < 1.29 is 32.6 Å². The molecule has 0 saturated heterocycles. The van der Waals surface area contributed by atoms with E-state index in [2.05, 4.69) is 4.74 Å². The van der Waals surface area contributed by atoms with Gasteiger partial charge in [-0.05, 0) is 42.2 Å². The van der Waals surface area contributed by atoms with Gasteiger partial charge in [0.05, 0.1) is 5.56 Å². The lowest BCUT2D eigenvalue weighted by Crippen LogP contribution is -2.28. The van der Waals surface area contributed by atoms with Crippen molar-refractivity contribution in [1.29, 1.82) is 0 Å². The molecule has 0 spiro atoms. The van der Waals surface area contributed by atoms with Gasteiger partial charge in [-0.25, -0.2) is 4.79 Å². The van der Waals surface area contributed by atoms with E-state index < -0.39 is 29.8 Å². The van der Waals surface area contributed by atoms with Crippen LogP contribution in [-0.2, 0) is 22.1 Å². The van der Waals surface area contributed by atoms with Crippen LogP contribution >= 0.6 is 0 Å². The third-order valence-corrected chi connectivity index (χ3v) is 3.35. The van der Waals surface area contributed by atoms with Gasteiger partial charge in [0.25, 0.3) is 0 Å². The summed E-state index contributed by atoms with van der Waals surface area (Å²) >= 11 is 0. The van der Waals surface area contributed by atoms with Crippen molar-refractivity contribution in [2.45, 2.75) is 25.1 Å². The highest BCUT2D eigenvalue weighted by Gasteiger charge is 2.30. The standard InChI is InChI=1S/C16H13F3O4/c17-16(18,19)12-8-5-10(6-9-12)4-7-11-2-1-3-13(14(11)20)23-15(21)22/h1-3,5-6,8-9,13H,4,7H2,(H,21,22). The molecule has 122 valence electrons. The molecule has 1 unspecified atom stereocenters. The Balaban J connectivity index is 1.98. The Morgan fingerprint density at radius 2 is 1.83 bits per heavy atom. The number of hydrogen-bond acceptors (Lipinski definition) is 3. The number of halogens is 3. The highest BCUT2D eigenvalue weighted by molar-refractivity contribution is 6.02. The highest BCUT2D eigenvalue weighted by atomic mass is 19.4. The lowest BCUT2D eigenvalue weighted by atomic mass is 9.95. The largest absolute Gasteiger partial charge is 0.506 e. The first-order valence-corrected chi connectivity index (χ1v) is 6.74. The molecule has 0 aromatic heterocycles. The van der Waals surface area contributed by atoms with Crippen molar-refractivity contribution in [2.24, 2.45) is 0 Å². The molecule has 1 atom stereocenters. The summed E-state index contributed by atoms with van der Waals surface area (Å²) < 4.78 is 41.9. The Bertz CT molecular complexity index is 657. The van der Waals surface area contributed by atoms with Crippen molar-refractivity contribution in [3.63, 3.8) is 0 Å². The topological polar surface area (TPSA) is 63.6 Å². The predicted molar refractivity (Wildman–Crippen MR) is 74.9 cm³/mol. The number of aryl methyl sites for hydroxylation is 1. The molecule has 0 amide bonds. The van der Waals surface area contributed by atoms with Gasteiger partial charge in [-0.3, -0.25) is 4.79 Å². The molecule has 1 aliphatic rings. The van der Waals surface area contributed by atoms with Crippen molar-refractivity contribution >= 4 is 11.9 Å². The van der Waals surface area contributed by atoms with E-state index in [0.717, 1.165) is 12.1 Å². The second-order valence-corrected chi connectivity index (χ2v) is 4.94. The molecule has 0 radical (unpaired) electrons. The quantitative estimate of drug-likeness (QED) is 0.856. The monoisotopic (exact) mass is 326 g/mol. The normalized spacial score (nSPS) is 17.8. The van der Waals surface area contributed by atoms with E-state index in [1.807, 2.05) is 0 Å². The van der Waals surface area contributed by atoms with Crippen LogP contribution in [0.5, 0.6) is 0 Å². The van der Waals surface area contributed by atoms with E-state index in [-0.39, 0.29) is 6.42 Å². The van der Waals surface area contributed by atoms with Crippen LogP contribution < -0.4 is 0 Å². The van der Waals surface area contributed by atoms with E-state index in [4.69, 9.17) is 5.11 Å². The average molecular weight is 326 g/mol. The minimum Gasteiger partial charge on any atom is -0.450 e. The number of benzene rings is 1. The molecule has 0 bridgehead atoms. The molecule has 0 saturated carbocycles. The van der Waals surface area contributed by atoms with Crippen LogP contribution in [0.4, 0.5) is 18.0 Å². The summed E-state index contributed by atoms with van der Waals surface area (Å²) in [5, 5.41) is 8.55. The van der Waals surface area contributed by atoms with E-state index in [0.29, 0.717) is 17.6 Å². The van der Waals surface area contributed by atoms with E-state index in [9.17, 15) is 22.8 Å². The Morgan fingerprint density at radius 1 is 1.17 bits per heavy atom. The Labute approximate surface area is 129 Å². The maximum Gasteiger partial charge on any atom is 0.506 e. The van der Waals surface area contributed by atoms with Crippen molar-refractivity contribution in [2.75, 3.05) is 0 Å². The molecule has 0 fully saturated rings. The predicted octanol–water partition coefficient (Wildman–Crippen LogP) is 3.77. The molecular weight excluding hydrogens is 313 g/mol. The molecule has 1 aromatic rings. The number of hydrogen-bond donors (Lipinski definition) is 1. The fourth-order valence-corrected chi connectivity index (χ4v) is 2.17. The molecule has 2 rings (SSSR count). The SMILES string of the molecule is O=C(O)OC1C=CC=C(CCc2ccc(C(F)(F)F)cc2)C1=O. The number of allylic oxidation sites excluding steroid dienone is 2. The smallest absolute Gasteiger partial charge is 0.450 e. The molecule has 0 aliphatic heterocycles. The highest BCUT2D eigenvalue weighted by Crippen LogP contribution is 2.29. The first-order valence-electron chi connectivity index (χ1n) is 6.74. The van der Waals surface area contributed by atoms with Crippen LogP contribution in [0.1, 0.15) is 17.5 Å². The minimum atomic E-state index is -4.38. The molecule has 23 heavy (non-hydrogen) atoms. The van der Waals surface area contributed by atoms with Crippen molar-refractivity contribution in [3.8, 4) is 0 Å². The van der Waals surface area contributed by atoms with E-state index >= 15 is 0 Å². The van der Waals surface area contributed by atoms with Gasteiger partial charge in [-0.1, -0.05) is 24.3 Å². The first kappa shape index (κ1) is 16.8. The second-order valence-electron chi connectivity index (χ2n) is 4.94. The summed E-state index contributed by atoms with van der Waals surface area (Å²) in [6.07, 6.45) is -2.04. The van der Waals surface area contributed by atoms with Gasteiger partial charge in [-0.2, -0.15) is 13.2 Å². The molecular formula is C16H13F3O4. The lowest BCUT2D eigenvalue weighted by Gasteiger charge is -2.16. The van der Waals surface area contributed by atoms with Crippen molar-refractivity contribution in [3.05, 3.63) is 59.2 Å².